The van der Waals surface area contributed by atoms with E-state index in [0.29, 0.717) is 42.4 Å². The molecule has 1 atom stereocenters. The number of rotatable bonds is 3. The van der Waals surface area contributed by atoms with E-state index in [0.717, 1.165) is 5.69 Å². The minimum atomic E-state index is -0.374. The van der Waals surface area contributed by atoms with Crippen LogP contribution in [0.4, 0.5) is 6.01 Å². The summed E-state index contributed by atoms with van der Waals surface area (Å²) in [6.45, 7) is 3.55. The van der Waals surface area contributed by atoms with Crippen molar-refractivity contribution in [2.45, 2.75) is 13.2 Å². The maximum absolute atomic E-state index is 12.8. The molecule has 1 amide bonds. The van der Waals surface area contributed by atoms with Gasteiger partial charge in [0.25, 0.3) is 11.9 Å². The van der Waals surface area contributed by atoms with Gasteiger partial charge in [0.1, 0.15) is 6.23 Å². The molecule has 7 heteroatoms. The van der Waals surface area contributed by atoms with Crippen molar-refractivity contribution in [3.05, 3.63) is 53.7 Å². The number of anilines is 1. The van der Waals surface area contributed by atoms with Gasteiger partial charge in [0.15, 0.2) is 5.58 Å². The van der Waals surface area contributed by atoms with Gasteiger partial charge in [-0.15, -0.1) is 0 Å². The summed E-state index contributed by atoms with van der Waals surface area (Å²) < 4.78 is 11.4. The number of methoxy groups -OCH3 is 1. The van der Waals surface area contributed by atoms with Crippen LogP contribution in [0, 0.1) is 6.92 Å². The lowest BCUT2D eigenvalue weighted by Gasteiger charge is -2.39. The smallest absolute Gasteiger partial charge is 0.300 e. The number of amides is 1. The number of benzene rings is 1. The molecule has 1 aliphatic rings. The Morgan fingerprint density at radius 2 is 1.96 bits per heavy atom. The molecular formula is C19H20N4O3. The first kappa shape index (κ1) is 16.5. The number of ether oxygens (including phenoxy) is 1. The zero-order chi connectivity index (χ0) is 18.1. The van der Waals surface area contributed by atoms with Gasteiger partial charge >= 0.3 is 0 Å². The summed E-state index contributed by atoms with van der Waals surface area (Å²) in [6, 6.07) is 13.5. The van der Waals surface area contributed by atoms with Crippen LogP contribution in [0.25, 0.3) is 11.2 Å². The lowest BCUT2D eigenvalue weighted by Crippen LogP contribution is -2.56. The van der Waals surface area contributed by atoms with Gasteiger partial charge in [-0.25, -0.2) is 4.98 Å². The molecule has 0 saturated carbocycles. The lowest BCUT2D eigenvalue weighted by atomic mass is 10.1. The Balaban J connectivity index is 1.54. The third-order valence-electron chi connectivity index (χ3n) is 4.54. The van der Waals surface area contributed by atoms with Crippen molar-refractivity contribution in [2.75, 3.05) is 31.6 Å². The molecule has 4 rings (SSSR count). The second-order valence-electron chi connectivity index (χ2n) is 6.27. The van der Waals surface area contributed by atoms with Crippen molar-refractivity contribution in [1.29, 1.82) is 0 Å². The molecule has 7 nitrogen and oxygen atoms in total. The number of nitrogens with zero attached hydrogens (tertiary/aromatic N) is 4. The fraction of sp³-hybridized carbons (Fsp3) is 0.316. The number of pyridine rings is 1. The number of carbonyl (C=O) groups excluding carboxylic acids is 1. The van der Waals surface area contributed by atoms with Gasteiger partial charge in [-0.05, 0) is 31.2 Å². The average Bonchev–Trinajstić information content (AvgIpc) is 3.10. The van der Waals surface area contributed by atoms with Gasteiger partial charge in [-0.2, -0.15) is 4.98 Å². The van der Waals surface area contributed by atoms with Gasteiger partial charge in [0, 0.05) is 31.5 Å². The van der Waals surface area contributed by atoms with Crippen LogP contribution in [0.2, 0.25) is 0 Å². The Morgan fingerprint density at radius 3 is 2.73 bits per heavy atom. The van der Waals surface area contributed by atoms with Gasteiger partial charge < -0.3 is 19.0 Å². The van der Waals surface area contributed by atoms with Gasteiger partial charge in [0.2, 0.25) is 5.65 Å². The quantitative estimate of drug-likeness (QED) is 0.721. The van der Waals surface area contributed by atoms with E-state index in [1.54, 1.807) is 12.0 Å². The minimum Gasteiger partial charge on any atom is -0.422 e. The molecule has 0 spiro atoms. The topological polar surface area (TPSA) is 71.7 Å². The molecule has 2 aromatic heterocycles. The van der Waals surface area contributed by atoms with Crippen molar-refractivity contribution in [2.24, 2.45) is 0 Å². The Labute approximate surface area is 151 Å². The summed E-state index contributed by atoms with van der Waals surface area (Å²) in [6.07, 6.45) is -0.374. The van der Waals surface area contributed by atoms with Crippen LogP contribution in [-0.2, 0) is 4.74 Å². The molecule has 0 radical (unpaired) electrons. The standard InChI is InChI=1S/C19H20N4O3/c1-13-8-9-15-17(20-13)21-19(26-15)22-10-11-23(16(12-22)25-2)18(24)14-6-4-3-5-7-14/h3-9,16H,10-12H2,1-2H3. The largest absolute Gasteiger partial charge is 0.422 e. The molecule has 26 heavy (non-hydrogen) atoms. The predicted molar refractivity (Wildman–Crippen MR) is 97.0 cm³/mol. The van der Waals surface area contributed by atoms with Crippen molar-refractivity contribution < 1.29 is 13.9 Å². The van der Waals surface area contributed by atoms with Crippen molar-refractivity contribution in [3.8, 4) is 0 Å². The van der Waals surface area contributed by atoms with Crippen LogP contribution in [0.5, 0.6) is 0 Å². The fourth-order valence-electron chi connectivity index (χ4n) is 3.14. The summed E-state index contributed by atoms with van der Waals surface area (Å²) in [5.74, 6) is -0.0352. The highest BCUT2D eigenvalue weighted by Crippen LogP contribution is 2.24. The highest BCUT2D eigenvalue weighted by Gasteiger charge is 2.32. The van der Waals surface area contributed by atoms with E-state index in [4.69, 9.17) is 9.15 Å². The molecule has 1 fully saturated rings. The highest BCUT2D eigenvalue weighted by atomic mass is 16.5. The second-order valence-corrected chi connectivity index (χ2v) is 6.27. The fourth-order valence-corrected chi connectivity index (χ4v) is 3.14. The van der Waals surface area contributed by atoms with Crippen molar-refractivity contribution in [1.82, 2.24) is 14.9 Å². The van der Waals surface area contributed by atoms with Crippen LogP contribution >= 0.6 is 0 Å². The number of oxazole rings is 1. The normalized spacial score (nSPS) is 17.7. The van der Waals surface area contributed by atoms with E-state index in [1.165, 1.54) is 0 Å². The van der Waals surface area contributed by atoms with Crippen LogP contribution in [0.1, 0.15) is 16.1 Å². The number of piperazine rings is 1. The lowest BCUT2D eigenvalue weighted by molar-refractivity contribution is -0.0254. The number of hydrogen-bond donors (Lipinski definition) is 0. The number of carbonyl (C=O) groups is 1. The zero-order valence-corrected chi connectivity index (χ0v) is 14.8. The first-order chi connectivity index (χ1) is 12.7. The maximum atomic E-state index is 12.8. The Hall–Kier alpha value is -2.93. The summed E-state index contributed by atoms with van der Waals surface area (Å²) in [7, 11) is 1.61. The first-order valence-electron chi connectivity index (χ1n) is 8.53. The second kappa shape index (κ2) is 6.76. The summed E-state index contributed by atoms with van der Waals surface area (Å²) in [5, 5.41) is 0. The molecule has 0 N–H and O–H groups in total. The third-order valence-corrected chi connectivity index (χ3v) is 4.54. The Bertz CT molecular complexity index is 925. The van der Waals surface area contributed by atoms with Gasteiger partial charge in [-0.1, -0.05) is 18.2 Å². The van der Waals surface area contributed by atoms with E-state index in [-0.39, 0.29) is 12.1 Å². The molecule has 1 unspecified atom stereocenters. The van der Waals surface area contributed by atoms with Crippen LogP contribution < -0.4 is 4.90 Å². The van der Waals surface area contributed by atoms with Crippen LogP contribution in [0.15, 0.2) is 46.9 Å². The van der Waals surface area contributed by atoms with Crippen molar-refractivity contribution in [3.63, 3.8) is 0 Å². The van der Waals surface area contributed by atoms with E-state index in [2.05, 4.69) is 9.97 Å². The molecular weight excluding hydrogens is 332 g/mol. The molecule has 1 saturated heterocycles. The Kier molecular flexibility index (Phi) is 4.30. The zero-order valence-electron chi connectivity index (χ0n) is 14.8. The monoisotopic (exact) mass is 352 g/mol. The summed E-state index contributed by atoms with van der Waals surface area (Å²) >= 11 is 0. The number of aryl methyl sites for hydroxylation is 1. The van der Waals surface area contributed by atoms with E-state index < -0.39 is 0 Å². The summed E-state index contributed by atoms with van der Waals surface area (Å²) in [5.41, 5.74) is 2.80. The molecule has 0 aliphatic carbocycles. The first-order valence-corrected chi connectivity index (χ1v) is 8.53. The van der Waals surface area contributed by atoms with Crippen molar-refractivity contribution >= 4 is 23.2 Å². The summed E-state index contributed by atoms with van der Waals surface area (Å²) in [4.78, 5) is 25.4. The molecule has 134 valence electrons. The molecule has 3 aromatic rings. The van der Waals surface area contributed by atoms with Gasteiger partial charge in [0.05, 0.1) is 6.54 Å². The number of fused-ring (bicyclic) bond motifs is 1. The average molecular weight is 352 g/mol. The predicted octanol–water partition coefficient (Wildman–Crippen LogP) is 2.47. The SMILES string of the molecule is COC1CN(c2nc3nc(C)ccc3o2)CCN1C(=O)c1ccccc1. The van der Waals surface area contributed by atoms with E-state index in [1.807, 2.05) is 54.3 Å². The molecule has 1 aliphatic heterocycles. The van der Waals surface area contributed by atoms with E-state index >= 15 is 0 Å². The number of hydrogen-bond acceptors (Lipinski definition) is 6. The molecule has 3 heterocycles. The molecule has 0 bridgehead atoms. The highest BCUT2D eigenvalue weighted by molar-refractivity contribution is 5.94. The van der Waals surface area contributed by atoms with Crippen LogP contribution in [-0.4, -0.2) is 53.7 Å². The number of aromatic nitrogens is 2. The van der Waals surface area contributed by atoms with Crippen LogP contribution in [0.3, 0.4) is 0 Å². The molecule has 1 aromatic carbocycles. The van der Waals surface area contributed by atoms with E-state index in [9.17, 15) is 4.79 Å². The third kappa shape index (κ3) is 3.01. The minimum absolute atomic E-state index is 0.0352. The Morgan fingerprint density at radius 1 is 1.15 bits per heavy atom. The van der Waals surface area contributed by atoms with Gasteiger partial charge in [-0.3, -0.25) is 4.79 Å². The maximum Gasteiger partial charge on any atom is 0.300 e.